The van der Waals surface area contributed by atoms with E-state index in [4.69, 9.17) is 0 Å². The van der Waals surface area contributed by atoms with Crippen molar-refractivity contribution in [2.75, 3.05) is 7.11 Å². The van der Waals surface area contributed by atoms with Gasteiger partial charge >= 0.3 is 11.5 Å². The Kier molecular flexibility index (Phi) is 4.46. The molecule has 0 heterocycles. The van der Waals surface area contributed by atoms with Gasteiger partial charge in [-0.2, -0.15) is 0 Å². The number of carbonyl (C=O) groups excluding carboxylic acids is 1. The van der Waals surface area contributed by atoms with Crippen molar-refractivity contribution < 1.29 is 19.4 Å². The SMILES string of the molecule is COC(=O)C1([N+](=O)[O-])C(Br)=CC(Br)=C([N+](=O)[O-])C1C. The van der Waals surface area contributed by atoms with E-state index in [0.717, 1.165) is 13.2 Å². The van der Waals surface area contributed by atoms with Crippen molar-refractivity contribution in [1.82, 2.24) is 0 Å². The molecule has 104 valence electrons. The molecule has 0 aromatic rings. The summed E-state index contributed by atoms with van der Waals surface area (Å²) in [5.74, 6) is -2.48. The van der Waals surface area contributed by atoms with Crippen LogP contribution >= 0.6 is 31.9 Å². The molecule has 8 nitrogen and oxygen atoms in total. The smallest absolute Gasteiger partial charge is 0.391 e. The molecule has 1 aliphatic carbocycles. The summed E-state index contributed by atoms with van der Waals surface area (Å²) in [5, 5.41) is 22.3. The third-order valence-electron chi connectivity index (χ3n) is 2.88. The molecule has 0 aromatic carbocycles. The molecule has 2 atom stereocenters. The van der Waals surface area contributed by atoms with Gasteiger partial charge in [0.25, 0.3) is 5.70 Å². The second kappa shape index (κ2) is 5.37. The number of hydrogen-bond acceptors (Lipinski definition) is 6. The van der Waals surface area contributed by atoms with E-state index >= 15 is 0 Å². The van der Waals surface area contributed by atoms with Gasteiger partial charge in [-0.15, -0.1) is 0 Å². The minimum atomic E-state index is -2.35. The van der Waals surface area contributed by atoms with Gasteiger partial charge in [-0.25, -0.2) is 4.79 Å². The maximum Gasteiger partial charge on any atom is 0.391 e. The van der Waals surface area contributed by atoms with Crippen LogP contribution in [0.15, 0.2) is 20.7 Å². The van der Waals surface area contributed by atoms with Crippen molar-refractivity contribution in [3.05, 3.63) is 41.0 Å². The van der Waals surface area contributed by atoms with Crippen molar-refractivity contribution >= 4 is 37.8 Å². The van der Waals surface area contributed by atoms with Crippen LogP contribution in [0, 0.1) is 26.1 Å². The molecular weight excluding hydrogens is 392 g/mol. The second-order valence-corrected chi connectivity index (χ2v) is 5.43. The van der Waals surface area contributed by atoms with Crippen molar-refractivity contribution in [3.8, 4) is 0 Å². The van der Waals surface area contributed by atoms with Crippen LogP contribution in [-0.2, 0) is 9.53 Å². The number of carbonyl (C=O) groups is 1. The second-order valence-electron chi connectivity index (χ2n) is 3.72. The molecule has 0 amide bonds. The first-order valence-electron chi connectivity index (χ1n) is 4.85. The zero-order valence-corrected chi connectivity index (χ0v) is 12.9. The van der Waals surface area contributed by atoms with E-state index in [0.29, 0.717) is 0 Å². The van der Waals surface area contributed by atoms with Crippen LogP contribution in [0.5, 0.6) is 0 Å². The summed E-state index contributed by atoms with van der Waals surface area (Å²) in [6.07, 6.45) is 1.12. The summed E-state index contributed by atoms with van der Waals surface area (Å²) in [5.41, 5.74) is -2.81. The highest BCUT2D eigenvalue weighted by Gasteiger charge is 2.65. The third kappa shape index (κ3) is 2.18. The van der Waals surface area contributed by atoms with Gasteiger partial charge in [0.1, 0.15) is 5.92 Å². The van der Waals surface area contributed by atoms with Gasteiger partial charge in [-0.3, -0.25) is 20.2 Å². The van der Waals surface area contributed by atoms with Crippen LogP contribution in [0.3, 0.4) is 0 Å². The lowest BCUT2D eigenvalue weighted by Gasteiger charge is -2.29. The zero-order chi connectivity index (χ0) is 15.0. The molecule has 0 fully saturated rings. The lowest BCUT2D eigenvalue weighted by atomic mass is 9.80. The van der Waals surface area contributed by atoms with Crippen molar-refractivity contribution in [2.45, 2.75) is 12.5 Å². The summed E-state index contributed by atoms with van der Waals surface area (Å²) in [6, 6.07) is 0. The Balaban J connectivity index is 3.61. The molecule has 0 aromatic heterocycles. The maximum atomic E-state index is 11.8. The molecular formula is C9H8Br2N2O6. The van der Waals surface area contributed by atoms with Gasteiger partial charge in [0, 0.05) is 4.92 Å². The van der Waals surface area contributed by atoms with Gasteiger partial charge in [0.2, 0.25) is 0 Å². The first kappa shape index (κ1) is 15.8. The lowest BCUT2D eigenvalue weighted by molar-refractivity contribution is -0.559. The van der Waals surface area contributed by atoms with E-state index in [1.807, 2.05) is 0 Å². The summed E-state index contributed by atoms with van der Waals surface area (Å²) in [6.45, 7) is 1.23. The number of hydrogen-bond donors (Lipinski definition) is 0. The molecule has 0 radical (unpaired) electrons. The fourth-order valence-corrected chi connectivity index (χ4v) is 3.81. The number of rotatable bonds is 3. The first-order chi connectivity index (χ1) is 8.71. The van der Waals surface area contributed by atoms with Gasteiger partial charge < -0.3 is 4.74 Å². The minimum absolute atomic E-state index is 0.0678. The fraction of sp³-hybridized carbons (Fsp3) is 0.444. The Morgan fingerprint density at radius 2 is 1.95 bits per heavy atom. The van der Waals surface area contributed by atoms with Crippen LogP contribution in [0.1, 0.15) is 6.92 Å². The Labute approximate surface area is 124 Å². The summed E-state index contributed by atoms with van der Waals surface area (Å²) in [4.78, 5) is 32.5. The molecule has 0 aliphatic heterocycles. The Bertz CT molecular complexity index is 529. The summed E-state index contributed by atoms with van der Waals surface area (Å²) < 4.78 is 4.40. The molecule has 19 heavy (non-hydrogen) atoms. The van der Waals surface area contributed by atoms with E-state index in [2.05, 4.69) is 36.6 Å². The number of nitro groups is 2. The predicted molar refractivity (Wildman–Crippen MR) is 70.9 cm³/mol. The highest BCUT2D eigenvalue weighted by Crippen LogP contribution is 2.45. The third-order valence-corrected chi connectivity index (χ3v) is 4.35. The molecule has 0 N–H and O–H groups in total. The van der Waals surface area contributed by atoms with Gasteiger partial charge in [0.05, 0.1) is 21.0 Å². The van der Waals surface area contributed by atoms with Gasteiger partial charge in [-0.05, 0) is 44.9 Å². The monoisotopic (exact) mass is 398 g/mol. The Morgan fingerprint density at radius 1 is 1.42 bits per heavy atom. The standard InChI is InChI=1S/C9H8Br2N2O6/c1-4-7(12(15)16)5(10)3-6(11)9(4,13(17)18)8(14)19-2/h3-4H,1-2H3. The highest BCUT2D eigenvalue weighted by molar-refractivity contribution is 9.12. The average molecular weight is 400 g/mol. The van der Waals surface area contributed by atoms with Crippen LogP contribution in [-0.4, -0.2) is 28.5 Å². The largest absolute Gasteiger partial charge is 0.463 e. The number of allylic oxidation sites excluding steroid dienone is 2. The summed E-state index contributed by atoms with van der Waals surface area (Å²) in [7, 11) is 0.986. The topological polar surface area (TPSA) is 113 Å². The molecule has 1 aliphatic rings. The van der Waals surface area contributed by atoms with E-state index in [1.165, 1.54) is 6.92 Å². The number of esters is 1. The van der Waals surface area contributed by atoms with Crippen molar-refractivity contribution in [2.24, 2.45) is 5.92 Å². The highest BCUT2D eigenvalue weighted by atomic mass is 79.9. The van der Waals surface area contributed by atoms with E-state index in [-0.39, 0.29) is 8.96 Å². The number of nitrogens with zero attached hydrogens (tertiary/aromatic N) is 2. The van der Waals surface area contributed by atoms with Crippen molar-refractivity contribution in [3.63, 3.8) is 0 Å². The summed E-state index contributed by atoms with van der Waals surface area (Å²) >= 11 is 5.91. The van der Waals surface area contributed by atoms with Crippen LogP contribution in [0.4, 0.5) is 0 Å². The van der Waals surface area contributed by atoms with Crippen LogP contribution < -0.4 is 0 Å². The molecule has 0 saturated heterocycles. The maximum absolute atomic E-state index is 11.8. The predicted octanol–water partition coefficient (Wildman–Crippen LogP) is 1.99. The van der Waals surface area contributed by atoms with E-state index in [1.54, 1.807) is 0 Å². The van der Waals surface area contributed by atoms with Gasteiger partial charge in [-0.1, -0.05) is 0 Å². The molecule has 0 bridgehead atoms. The van der Waals surface area contributed by atoms with Crippen molar-refractivity contribution in [1.29, 1.82) is 0 Å². The average Bonchev–Trinajstić information content (AvgIpc) is 2.27. The van der Waals surface area contributed by atoms with Crippen LogP contribution in [0.25, 0.3) is 0 Å². The normalized spacial score (nSPS) is 26.7. The molecule has 1 rings (SSSR count). The molecule has 0 saturated carbocycles. The quantitative estimate of drug-likeness (QED) is 0.407. The van der Waals surface area contributed by atoms with E-state index in [9.17, 15) is 25.0 Å². The molecule has 2 unspecified atom stereocenters. The number of methoxy groups -OCH3 is 1. The zero-order valence-electron chi connectivity index (χ0n) is 9.75. The Morgan fingerprint density at radius 3 is 2.32 bits per heavy atom. The molecule has 10 heteroatoms. The van der Waals surface area contributed by atoms with Gasteiger partial charge in [0.15, 0.2) is 0 Å². The lowest BCUT2D eigenvalue weighted by Crippen LogP contribution is -2.55. The number of ether oxygens (including phenoxy) is 1. The van der Waals surface area contributed by atoms with E-state index < -0.39 is 33.0 Å². The Hall–Kier alpha value is -1.29. The van der Waals surface area contributed by atoms with Crippen LogP contribution in [0.2, 0.25) is 0 Å². The first-order valence-corrected chi connectivity index (χ1v) is 6.44. The number of halogens is 2. The fourth-order valence-electron chi connectivity index (χ4n) is 1.90. The minimum Gasteiger partial charge on any atom is -0.463 e. The molecule has 0 spiro atoms.